The number of hydrogen-bond donors (Lipinski definition) is 2. The Morgan fingerprint density at radius 3 is 2.71 bits per heavy atom. The van der Waals surface area contributed by atoms with Gasteiger partial charge in [0, 0.05) is 16.3 Å². The van der Waals surface area contributed by atoms with Gasteiger partial charge in [0.1, 0.15) is 0 Å². The van der Waals surface area contributed by atoms with Gasteiger partial charge in [0.15, 0.2) is 0 Å². The number of carbonyl (C=O) groups is 1. The Hall–Kier alpha value is -1.94. The molecule has 0 aromatic heterocycles. The molecule has 0 atom stereocenters. The number of rotatable bonds is 4. The molecule has 0 saturated heterocycles. The number of thioether (sulfide) groups is 1. The monoisotopic (exact) mass is 300 g/mol. The van der Waals surface area contributed by atoms with Crippen molar-refractivity contribution in [3.63, 3.8) is 0 Å². The highest BCUT2D eigenvalue weighted by molar-refractivity contribution is 8.00. The summed E-state index contributed by atoms with van der Waals surface area (Å²) in [5, 5.41) is 2.92. The largest absolute Gasteiger partial charge is 0.398 e. The van der Waals surface area contributed by atoms with E-state index >= 15 is 0 Å². The first-order chi connectivity index (χ1) is 9.97. The van der Waals surface area contributed by atoms with Gasteiger partial charge in [-0.1, -0.05) is 23.8 Å². The van der Waals surface area contributed by atoms with Crippen LogP contribution in [0, 0.1) is 20.8 Å². The topological polar surface area (TPSA) is 55.1 Å². The number of nitrogens with one attached hydrogen (secondary N) is 1. The van der Waals surface area contributed by atoms with Gasteiger partial charge in [0.2, 0.25) is 5.91 Å². The molecule has 21 heavy (non-hydrogen) atoms. The van der Waals surface area contributed by atoms with Gasteiger partial charge in [0.05, 0.1) is 5.75 Å². The molecular weight excluding hydrogens is 280 g/mol. The Balaban J connectivity index is 1.99. The van der Waals surface area contributed by atoms with Crippen LogP contribution in [0.5, 0.6) is 0 Å². The smallest absolute Gasteiger partial charge is 0.234 e. The number of aryl methyl sites for hydroxylation is 2. The molecule has 4 heteroatoms. The molecule has 0 fully saturated rings. The third-order valence-electron chi connectivity index (χ3n) is 3.35. The van der Waals surface area contributed by atoms with E-state index < -0.39 is 0 Å². The minimum absolute atomic E-state index is 0.0189. The molecule has 110 valence electrons. The van der Waals surface area contributed by atoms with Crippen molar-refractivity contribution in [1.29, 1.82) is 0 Å². The van der Waals surface area contributed by atoms with Gasteiger partial charge in [-0.2, -0.15) is 0 Å². The van der Waals surface area contributed by atoms with Crippen molar-refractivity contribution >= 4 is 29.0 Å². The number of anilines is 2. The molecule has 0 aliphatic heterocycles. The summed E-state index contributed by atoms with van der Waals surface area (Å²) < 4.78 is 0. The quantitative estimate of drug-likeness (QED) is 0.664. The van der Waals surface area contributed by atoms with Crippen molar-refractivity contribution in [3.8, 4) is 0 Å². The standard InChI is InChI=1S/C17H20N2OS/c1-11-7-8-12(2)16(9-11)21-10-17(20)19-15-6-4-5-14(18)13(15)3/h4-9H,10,18H2,1-3H3,(H,19,20). The van der Waals surface area contributed by atoms with Crippen LogP contribution in [0.2, 0.25) is 0 Å². The number of hydrogen-bond acceptors (Lipinski definition) is 3. The molecular formula is C17H20N2OS. The normalized spacial score (nSPS) is 10.4. The van der Waals surface area contributed by atoms with Gasteiger partial charge in [-0.3, -0.25) is 4.79 Å². The van der Waals surface area contributed by atoms with Crippen molar-refractivity contribution in [2.45, 2.75) is 25.7 Å². The molecule has 0 bridgehead atoms. The van der Waals surface area contributed by atoms with E-state index in [0.29, 0.717) is 11.4 Å². The number of benzene rings is 2. The minimum atomic E-state index is -0.0189. The third-order valence-corrected chi connectivity index (χ3v) is 4.51. The summed E-state index contributed by atoms with van der Waals surface area (Å²) in [5.41, 5.74) is 10.6. The van der Waals surface area contributed by atoms with E-state index in [9.17, 15) is 4.79 Å². The van der Waals surface area contributed by atoms with Crippen LogP contribution in [-0.2, 0) is 4.79 Å². The fourth-order valence-corrected chi connectivity index (χ4v) is 2.91. The van der Waals surface area contributed by atoms with Gasteiger partial charge in [-0.05, 0) is 50.1 Å². The first-order valence-electron chi connectivity index (χ1n) is 6.82. The van der Waals surface area contributed by atoms with Crippen molar-refractivity contribution in [2.24, 2.45) is 0 Å². The Bertz CT molecular complexity index is 668. The van der Waals surface area contributed by atoms with Crippen LogP contribution in [0.15, 0.2) is 41.3 Å². The molecule has 2 aromatic rings. The first-order valence-corrected chi connectivity index (χ1v) is 7.81. The highest BCUT2D eigenvalue weighted by Gasteiger charge is 2.08. The Morgan fingerprint density at radius 2 is 1.95 bits per heavy atom. The number of nitrogen functional groups attached to an aromatic ring is 1. The Morgan fingerprint density at radius 1 is 1.19 bits per heavy atom. The van der Waals surface area contributed by atoms with E-state index in [1.165, 1.54) is 11.1 Å². The van der Waals surface area contributed by atoms with Gasteiger partial charge in [0.25, 0.3) is 0 Å². The molecule has 0 aliphatic rings. The Kier molecular flexibility index (Phi) is 4.91. The third kappa shape index (κ3) is 4.02. The second-order valence-electron chi connectivity index (χ2n) is 5.13. The highest BCUT2D eigenvalue weighted by Crippen LogP contribution is 2.25. The van der Waals surface area contributed by atoms with Crippen LogP contribution in [0.1, 0.15) is 16.7 Å². The fraction of sp³-hybridized carbons (Fsp3) is 0.235. The van der Waals surface area contributed by atoms with Gasteiger partial charge >= 0.3 is 0 Å². The molecule has 0 radical (unpaired) electrons. The van der Waals surface area contributed by atoms with E-state index in [-0.39, 0.29) is 5.91 Å². The van der Waals surface area contributed by atoms with E-state index in [1.807, 2.05) is 25.1 Å². The molecule has 0 aliphatic carbocycles. The molecule has 0 spiro atoms. The number of carbonyl (C=O) groups excluding carboxylic acids is 1. The molecule has 2 rings (SSSR count). The van der Waals surface area contributed by atoms with Crippen molar-refractivity contribution in [3.05, 3.63) is 53.1 Å². The van der Waals surface area contributed by atoms with Crippen LogP contribution < -0.4 is 11.1 Å². The second-order valence-corrected chi connectivity index (χ2v) is 6.14. The van der Waals surface area contributed by atoms with Crippen LogP contribution in [0.25, 0.3) is 0 Å². The number of amides is 1. The van der Waals surface area contributed by atoms with Crippen LogP contribution in [-0.4, -0.2) is 11.7 Å². The maximum absolute atomic E-state index is 12.1. The van der Waals surface area contributed by atoms with Crippen molar-refractivity contribution in [1.82, 2.24) is 0 Å². The lowest BCUT2D eigenvalue weighted by molar-refractivity contribution is -0.113. The first kappa shape index (κ1) is 15.4. The zero-order chi connectivity index (χ0) is 15.4. The molecule has 0 heterocycles. The van der Waals surface area contributed by atoms with Crippen molar-refractivity contribution in [2.75, 3.05) is 16.8 Å². The van der Waals surface area contributed by atoms with Gasteiger partial charge in [-0.25, -0.2) is 0 Å². The summed E-state index contributed by atoms with van der Waals surface area (Å²) in [4.78, 5) is 13.2. The van der Waals surface area contributed by atoms with Crippen molar-refractivity contribution < 1.29 is 4.79 Å². The lowest BCUT2D eigenvalue weighted by Crippen LogP contribution is -2.15. The number of nitrogens with two attached hydrogens (primary N) is 1. The Labute approximate surface area is 129 Å². The van der Waals surface area contributed by atoms with E-state index in [1.54, 1.807) is 11.8 Å². The van der Waals surface area contributed by atoms with Crippen LogP contribution in [0.3, 0.4) is 0 Å². The van der Waals surface area contributed by atoms with Gasteiger partial charge < -0.3 is 11.1 Å². The molecule has 3 N–H and O–H groups in total. The summed E-state index contributed by atoms with van der Waals surface area (Å²) in [7, 11) is 0. The fourth-order valence-electron chi connectivity index (χ4n) is 1.98. The summed E-state index contributed by atoms with van der Waals surface area (Å²) in [5.74, 6) is 0.369. The summed E-state index contributed by atoms with van der Waals surface area (Å²) in [6.45, 7) is 6.02. The maximum atomic E-state index is 12.1. The lowest BCUT2D eigenvalue weighted by atomic mass is 10.1. The molecule has 0 saturated carbocycles. The molecule has 2 aromatic carbocycles. The molecule has 3 nitrogen and oxygen atoms in total. The summed E-state index contributed by atoms with van der Waals surface area (Å²) >= 11 is 1.56. The maximum Gasteiger partial charge on any atom is 0.234 e. The zero-order valence-corrected chi connectivity index (χ0v) is 13.4. The van der Waals surface area contributed by atoms with Crippen LogP contribution >= 0.6 is 11.8 Å². The highest BCUT2D eigenvalue weighted by atomic mass is 32.2. The second kappa shape index (κ2) is 6.68. The SMILES string of the molecule is Cc1ccc(C)c(SCC(=O)Nc2cccc(N)c2C)c1. The average molecular weight is 300 g/mol. The lowest BCUT2D eigenvalue weighted by Gasteiger charge is -2.11. The predicted octanol–water partition coefficient (Wildman–Crippen LogP) is 3.92. The zero-order valence-electron chi connectivity index (χ0n) is 12.6. The van der Waals surface area contributed by atoms with Crippen LogP contribution in [0.4, 0.5) is 11.4 Å². The molecule has 0 unspecified atom stereocenters. The van der Waals surface area contributed by atoms with E-state index in [0.717, 1.165) is 16.1 Å². The summed E-state index contributed by atoms with van der Waals surface area (Å²) in [6, 6.07) is 11.8. The van der Waals surface area contributed by atoms with E-state index in [2.05, 4.69) is 37.4 Å². The minimum Gasteiger partial charge on any atom is -0.398 e. The molecule has 1 amide bonds. The summed E-state index contributed by atoms with van der Waals surface area (Å²) in [6.07, 6.45) is 0. The average Bonchev–Trinajstić information content (AvgIpc) is 2.45. The predicted molar refractivity (Wildman–Crippen MR) is 90.9 cm³/mol. The van der Waals surface area contributed by atoms with Gasteiger partial charge in [-0.15, -0.1) is 11.8 Å². The van der Waals surface area contributed by atoms with E-state index in [4.69, 9.17) is 5.73 Å².